The van der Waals surface area contributed by atoms with Gasteiger partial charge < -0.3 is 10.1 Å². The minimum absolute atomic E-state index is 0.0253. The molecular formula is C22H23ClN2O2. The monoisotopic (exact) mass is 382 g/mol. The van der Waals surface area contributed by atoms with Gasteiger partial charge in [-0.05, 0) is 72.4 Å². The first-order chi connectivity index (χ1) is 12.8. The third kappa shape index (κ3) is 4.69. The molecule has 0 unspecified atom stereocenters. The molecule has 0 aliphatic rings. The zero-order valence-corrected chi connectivity index (χ0v) is 16.9. The van der Waals surface area contributed by atoms with Gasteiger partial charge in [0.25, 0.3) is 5.91 Å². The number of rotatable bonds is 5. The van der Waals surface area contributed by atoms with Crippen LogP contribution in [0.15, 0.2) is 35.9 Å². The first-order valence-corrected chi connectivity index (χ1v) is 9.03. The van der Waals surface area contributed by atoms with Crippen LogP contribution in [0.25, 0.3) is 6.08 Å². The van der Waals surface area contributed by atoms with E-state index >= 15 is 0 Å². The number of nitrogens with one attached hydrogen (secondary N) is 1. The number of methoxy groups -OCH3 is 1. The fourth-order valence-corrected chi connectivity index (χ4v) is 2.91. The summed E-state index contributed by atoms with van der Waals surface area (Å²) in [5, 5.41) is 12.8. The Kier molecular flexibility index (Phi) is 6.65. The molecule has 0 fully saturated rings. The van der Waals surface area contributed by atoms with Gasteiger partial charge in [-0.3, -0.25) is 4.79 Å². The molecule has 140 valence electrons. The summed E-state index contributed by atoms with van der Waals surface area (Å²) in [7, 11) is 1.64. The second-order valence-electron chi connectivity index (χ2n) is 6.64. The highest BCUT2D eigenvalue weighted by Gasteiger charge is 2.15. The lowest BCUT2D eigenvalue weighted by Crippen LogP contribution is -2.14. The van der Waals surface area contributed by atoms with E-state index in [-0.39, 0.29) is 11.5 Å². The van der Waals surface area contributed by atoms with Crippen molar-refractivity contribution in [3.05, 3.63) is 63.2 Å². The maximum Gasteiger partial charge on any atom is 0.266 e. The van der Waals surface area contributed by atoms with Crippen molar-refractivity contribution in [1.82, 2.24) is 0 Å². The van der Waals surface area contributed by atoms with Gasteiger partial charge in [-0.2, -0.15) is 5.26 Å². The molecular weight excluding hydrogens is 360 g/mol. The van der Waals surface area contributed by atoms with Crippen molar-refractivity contribution in [2.24, 2.45) is 0 Å². The molecule has 0 spiro atoms. The summed E-state index contributed by atoms with van der Waals surface area (Å²) in [5.74, 6) is 0.586. The number of carbonyl (C=O) groups excluding carboxylic acids is 1. The Morgan fingerprint density at radius 3 is 2.59 bits per heavy atom. The van der Waals surface area contributed by atoms with Crippen LogP contribution in [0, 0.1) is 25.2 Å². The molecule has 2 aromatic carbocycles. The molecule has 0 aliphatic heterocycles. The summed E-state index contributed by atoms with van der Waals surface area (Å²) in [5.41, 5.74) is 4.13. The van der Waals surface area contributed by atoms with Gasteiger partial charge in [-0.25, -0.2) is 0 Å². The lowest BCUT2D eigenvalue weighted by Gasteiger charge is -2.15. The van der Waals surface area contributed by atoms with Gasteiger partial charge in [0.05, 0.1) is 7.11 Å². The minimum atomic E-state index is -0.468. The van der Waals surface area contributed by atoms with E-state index in [1.807, 2.05) is 32.0 Å². The number of ether oxygens (including phenoxy) is 1. The number of hydrogen-bond acceptors (Lipinski definition) is 3. The third-order valence-corrected chi connectivity index (χ3v) is 4.83. The SMILES string of the molecule is COc1cc(C)c(/C=C(\C#N)C(=O)Nc2cccc(Cl)c2C)cc1C(C)C. The van der Waals surface area contributed by atoms with Gasteiger partial charge >= 0.3 is 0 Å². The van der Waals surface area contributed by atoms with Gasteiger partial charge in [0.2, 0.25) is 0 Å². The Morgan fingerprint density at radius 2 is 2.00 bits per heavy atom. The Hall–Kier alpha value is -2.77. The van der Waals surface area contributed by atoms with Gasteiger partial charge in [-0.15, -0.1) is 0 Å². The molecule has 2 aromatic rings. The van der Waals surface area contributed by atoms with E-state index in [0.717, 1.165) is 28.0 Å². The van der Waals surface area contributed by atoms with Crippen LogP contribution < -0.4 is 10.1 Å². The highest BCUT2D eigenvalue weighted by atomic mass is 35.5. The van der Waals surface area contributed by atoms with Crippen LogP contribution in [-0.2, 0) is 4.79 Å². The quantitative estimate of drug-likeness (QED) is 0.538. The predicted octanol–water partition coefficient (Wildman–Crippen LogP) is 5.63. The van der Waals surface area contributed by atoms with Crippen molar-refractivity contribution in [2.45, 2.75) is 33.6 Å². The first kappa shape index (κ1) is 20.5. The third-order valence-electron chi connectivity index (χ3n) is 4.42. The zero-order chi connectivity index (χ0) is 20.1. The molecule has 0 saturated heterocycles. The molecule has 5 heteroatoms. The molecule has 0 bridgehead atoms. The molecule has 0 radical (unpaired) electrons. The van der Waals surface area contributed by atoms with Crippen LogP contribution in [0.5, 0.6) is 5.75 Å². The smallest absolute Gasteiger partial charge is 0.266 e. The second-order valence-corrected chi connectivity index (χ2v) is 7.05. The Morgan fingerprint density at radius 1 is 1.30 bits per heavy atom. The second kappa shape index (κ2) is 8.75. The molecule has 1 amide bonds. The number of aryl methyl sites for hydroxylation is 1. The van der Waals surface area contributed by atoms with Crippen molar-refractivity contribution in [3.63, 3.8) is 0 Å². The molecule has 0 aromatic heterocycles. The number of amides is 1. The molecule has 0 atom stereocenters. The summed E-state index contributed by atoms with van der Waals surface area (Å²) in [6, 6.07) is 11.1. The van der Waals surface area contributed by atoms with Gasteiger partial charge in [0, 0.05) is 10.7 Å². The normalized spacial score (nSPS) is 11.3. The van der Waals surface area contributed by atoms with Crippen LogP contribution in [0.4, 0.5) is 5.69 Å². The fraction of sp³-hybridized carbons (Fsp3) is 0.273. The van der Waals surface area contributed by atoms with Crippen molar-refractivity contribution in [2.75, 3.05) is 12.4 Å². The topological polar surface area (TPSA) is 62.1 Å². The van der Waals surface area contributed by atoms with Gasteiger partial charge in [-0.1, -0.05) is 31.5 Å². The van der Waals surface area contributed by atoms with Crippen LogP contribution in [0.1, 0.15) is 42.0 Å². The van der Waals surface area contributed by atoms with Crippen molar-refractivity contribution in [1.29, 1.82) is 5.26 Å². The van der Waals surface area contributed by atoms with Gasteiger partial charge in [0.15, 0.2) is 0 Å². The van der Waals surface area contributed by atoms with E-state index in [2.05, 4.69) is 19.2 Å². The Balaban J connectivity index is 2.41. The molecule has 0 aliphatic carbocycles. The van der Waals surface area contributed by atoms with Crippen LogP contribution in [0.2, 0.25) is 5.02 Å². The van der Waals surface area contributed by atoms with E-state index < -0.39 is 5.91 Å². The van der Waals surface area contributed by atoms with Crippen molar-refractivity contribution >= 4 is 29.3 Å². The molecule has 0 saturated carbocycles. The van der Waals surface area contributed by atoms with Crippen molar-refractivity contribution in [3.8, 4) is 11.8 Å². The highest BCUT2D eigenvalue weighted by Crippen LogP contribution is 2.31. The molecule has 0 heterocycles. The maximum atomic E-state index is 12.6. The number of benzene rings is 2. The lowest BCUT2D eigenvalue weighted by molar-refractivity contribution is -0.112. The van der Waals surface area contributed by atoms with E-state index in [4.69, 9.17) is 16.3 Å². The first-order valence-electron chi connectivity index (χ1n) is 8.65. The van der Waals surface area contributed by atoms with Crippen LogP contribution in [-0.4, -0.2) is 13.0 Å². The average Bonchev–Trinajstić information content (AvgIpc) is 2.63. The van der Waals surface area contributed by atoms with E-state index in [0.29, 0.717) is 10.7 Å². The number of halogens is 1. The molecule has 4 nitrogen and oxygen atoms in total. The maximum absolute atomic E-state index is 12.6. The van der Waals surface area contributed by atoms with Crippen LogP contribution >= 0.6 is 11.6 Å². The Labute approximate surface area is 165 Å². The number of carbonyl (C=O) groups is 1. The number of nitrogens with zero attached hydrogens (tertiary/aromatic N) is 1. The number of anilines is 1. The average molecular weight is 383 g/mol. The summed E-state index contributed by atoms with van der Waals surface area (Å²) < 4.78 is 5.45. The standard InChI is InChI=1S/C22H23ClN2O2/c1-13(2)18-11-16(14(3)9-21(18)27-5)10-17(12-24)22(26)25-20-8-6-7-19(23)15(20)4/h6-11,13H,1-5H3,(H,25,26)/b17-10+. The van der Waals surface area contributed by atoms with Crippen LogP contribution in [0.3, 0.4) is 0 Å². The van der Waals surface area contributed by atoms with E-state index in [9.17, 15) is 10.1 Å². The predicted molar refractivity (Wildman–Crippen MR) is 110 cm³/mol. The van der Waals surface area contributed by atoms with E-state index in [1.165, 1.54) is 0 Å². The lowest BCUT2D eigenvalue weighted by atomic mass is 9.95. The molecule has 27 heavy (non-hydrogen) atoms. The highest BCUT2D eigenvalue weighted by molar-refractivity contribution is 6.31. The molecule has 1 N–H and O–H groups in total. The minimum Gasteiger partial charge on any atom is -0.496 e. The van der Waals surface area contributed by atoms with E-state index in [1.54, 1.807) is 31.4 Å². The number of nitriles is 1. The number of hydrogen-bond donors (Lipinski definition) is 1. The Bertz CT molecular complexity index is 940. The van der Waals surface area contributed by atoms with Crippen molar-refractivity contribution < 1.29 is 9.53 Å². The summed E-state index contributed by atoms with van der Waals surface area (Å²) in [6.07, 6.45) is 1.61. The fourth-order valence-electron chi connectivity index (χ4n) is 2.74. The summed E-state index contributed by atoms with van der Waals surface area (Å²) in [6.45, 7) is 7.88. The summed E-state index contributed by atoms with van der Waals surface area (Å²) >= 11 is 6.09. The summed E-state index contributed by atoms with van der Waals surface area (Å²) in [4.78, 5) is 12.6. The van der Waals surface area contributed by atoms with Gasteiger partial charge in [0.1, 0.15) is 17.4 Å². The zero-order valence-electron chi connectivity index (χ0n) is 16.2. The largest absolute Gasteiger partial charge is 0.496 e. The molecule has 2 rings (SSSR count).